The van der Waals surface area contributed by atoms with E-state index in [2.05, 4.69) is 43.0 Å². The third-order valence-electron chi connectivity index (χ3n) is 3.96. The zero-order chi connectivity index (χ0) is 19.3. The number of nitrogens with one attached hydrogen (secondary N) is 2. The van der Waals surface area contributed by atoms with E-state index in [1.165, 1.54) is 12.7 Å². The lowest BCUT2D eigenvalue weighted by Gasteiger charge is -2.08. The topological polar surface area (TPSA) is 89.8 Å². The van der Waals surface area contributed by atoms with Gasteiger partial charge in [-0.1, -0.05) is 30.3 Å². The summed E-state index contributed by atoms with van der Waals surface area (Å²) < 4.78 is 1.87. The highest BCUT2D eigenvalue weighted by molar-refractivity contribution is 7.80. The number of hydroxylamine groups is 1. The Labute approximate surface area is 166 Å². The van der Waals surface area contributed by atoms with Crippen molar-refractivity contribution in [2.75, 3.05) is 12.4 Å². The molecule has 1 aromatic carbocycles. The summed E-state index contributed by atoms with van der Waals surface area (Å²) in [5.74, 6) is 0.549. The van der Waals surface area contributed by atoms with Gasteiger partial charge in [-0.2, -0.15) is 5.10 Å². The van der Waals surface area contributed by atoms with Crippen molar-refractivity contribution < 1.29 is 4.84 Å². The molecular formula is C19H17N7OS. The number of pyridine rings is 1. The molecular weight excluding hydrogens is 374 g/mol. The Bertz CT molecular complexity index is 1110. The number of aromatic nitrogens is 5. The number of hydrogen-bond donors (Lipinski definition) is 2. The largest absolute Gasteiger partial charge is 0.316 e. The molecule has 0 atom stereocenters. The van der Waals surface area contributed by atoms with Gasteiger partial charge in [-0.05, 0) is 29.9 Å². The first-order chi connectivity index (χ1) is 13.7. The molecule has 4 aromatic rings. The van der Waals surface area contributed by atoms with Gasteiger partial charge in [0.25, 0.3) is 0 Å². The van der Waals surface area contributed by atoms with E-state index in [0.29, 0.717) is 34.3 Å². The molecule has 0 spiro atoms. The summed E-state index contributed by atoms with van der Waals surface area (Å²) in [6, 6.07) is 13.8. The molecule has 2 N–H and O–H groups in total. The number of hydrogen-bond acceptors (Lipinski definition) is 6. The van der Waals surface area contributed by atoms with Crippen LogP contribution in [0.15, 0.2) is 61.1 Å². The van der Waals surface area contributed by atoms with Gasteiger partial charge in [0.05, 0.1) is 31.7 Å². The van der Waals surface area contributed by atoms with Crippen molar-refractivity contribution in [2.45, 2.75) is 6.54 Å². The van der Waals surface area contributed by atoms with Crippen LogP contribution in [-0.4, -0.2) is 37.0 Å². The van der Waals surface area contributed by atoms with Crippen molar-refractivity contribution >= 4 is 34.3 Å². The van der Waals surface area contributed by atoms with Crippen LogP contribution >= 0.6 is 12.2 Å². The molecule has 0 aliphatic heterocycles. The molecule has 0 bridgehead atoms. The van der Waals surface area contributed by atoms with Gasteiger partial charge >= 0.3 is 0 Å². The zero-order valence-corrected chi connectivity index (χ0v) is 15.8. The normalized spacial score (nSPS) is 10.8. The summed E-state index contributed by atoms with van der Waals surface area (Å²) in [5, 5.41) is 7.65. The highest BCUT2D eigenvalue weighted by Crippen LogP contribution is 2.19. The standard InChI is InChI=1S/C19H17N7OS/c1-27-25-19(28)24-17-8-7-15-18(23-17)22-16(10-20-15)14-9-21-26(12-14)11-13-5-3-2-4-6-13/h2-10,12H,11H2,1H3,(H2,22,23,24,25,28). The van der Waals surface area contributed by atoms with Gasteiger partial charge in [0.2, 0.25) is 0 Å². The van der Waals surface area contributed by atoms with Crippen molar-refractivity contribution in [3.05, 3.63) is 66.6 Å². The smallest absolute Gasteiger partial charge is 0.196 e. The SMILES string of the molecule is CONC(=S)Nc1ccc2ncc(-c3cnn(Cc4ccccc4)c3)nc2n1. The van der Waals surface area contributed by atoms with E-state index >= 15 is 0 Å². The van der Waals surface area contributed by atoms with Gasteiger partial charge in [-0.15, -0.1) is 0 Å². The van der Waals surface area contributed by atoms with Gasteiger partial charge < -0.3 is 5.32 Å². The molecule has 28 heavy (non-hydrogen) atoms. The molecule has 0 amide bonds. The summed E-state index contributed by atoms with van der Waals surface area (Å²) >= 11 is 5.08. The second-order valence-electron chi connectivity index (χ2n) is 5.97. The number of thiocarbonyl (C=S) groups is 1. The lowest BCUT2D eigenvalue weighted by molar-refractivity contribution is 0.146. The Hall–Kier alpha value is -3.43. The monoisotopic (exact) mass is 391 g/mol. The fraction of sp³-hybridized carbons (Fsp3) is 0.105. The highest BCUT2D eigenvalue weighted by atomic mass is 32.1. The first kappa shape index (κ1) is 18.0. The van der Waals surface area contributed by atoms with Crippen LogP contribution in [0, 0.1) is 0 Å². The highest BCUT2D eigenvalue weighted by Gasteiger charge is 2.08. The Morgan fingerprint density at radius 1 is 1.11 bits per heavy atom. The zero-order valence-electron chi connectivity index (χ0n) is 15.0. The van der Waals surface area contributed by atoms with Crippen LogP contribution in [0.5, 0.6) is 0 Å². The second-order valence-corrected chi connectivity index (χ2v) is 6.38. The minimum atomic E-state index is 0.306. The fourth-order valence-electron chi connectivity index (χ4n) is 2.69. The van der Waals surface area contributed by atoms with E-state index < -0.39 is 0 Å². The van der Waals surface area contributed by atoms with Crippen LogP contribution in [0.25, 0.3) is 22.4 Å². The molecule has 0 unspecified atom stereocenters. The Kier molecular flexibility index (Phi) is 5.18. The predicted molar refractivity (Wildman–Crippen MR) is 110 cm³/mol. The number of benzene rings is 1. The van der Waals surface area contributed by atoms with E-state index in [4.69, 9.17) is 17.1 Å². The molecule has 9 heteroatoms. The summed E-state index contributed by atoms with van der Waals surface area (Å²) in [4.78, 5) is 18.3. The Morgan fingerprint density at radius 2 is 1.96 bits per heavy atom. The average Bonchev–Trinajstić information content (AvgIpc) is 3.17. The number of nitrogens with zero attached hydrogens (tertiary/aromatic N) is 5. The molecule has 3 heterocycles. The average molecular weight is 391 g/mol. The maximum Gasteiger partial charge on any atom is 0.196 e. The summed E-state index contributed by atoms with van der Waals surface area (Å²) in [6.07, 6.45) is 5.44. The van der Waals surface area contributed by atoms with Crippen LogP contribution in [0.4, 0.5) is 5.82 Å². The number of fused-ring (bicyclic) bond motifs is 1. The fourth-order valence-corrected chi connectivity index (χ4v) is 2.88. The van der Waals surface area contributed by atoms with E-state index in [-0.39, 0.29) is 0 Å². The van der Waals surface area contributed by atoms with Gasteiger partial charge in [0.1, 0.15) is 11.3 Å². The molecule has 140 valence electrons. The molecule has 0 fully saturated rings. The first-order valence-corrected chi connectivity index (χ1v) is 8.92. The maximum absolute atomic E-state index is 5.08. The van der Waals surface area contributed by atoms with E-state index in [9.17, 15) is 0 Å². The van der Waals surface area contributed by atoms with E-state index in [1.807, 2.05) is 35.1 Å². The van der Waals surface area contributed by atoms with Crippen LogP contribution in [0.2, 0.25) is 0 Å². The van der Waals surface area contributed by atoms with Crippen molar-refractivity contribution in [3.8, 4) is 11.3 Å². The molecule has 0 saturated heterocycles. The summed E-state index contributed by atoms with van der Waals surface area (Å²) in [6.45, 7) is 0.693. The van der Waals surface area contributed by atoms with Crippen LogP contribution in [0.3, 0.4) is 0 Å². The molecule has 8 nitrogen and oxygen atoms in total. The van der Waals surface area contributed by atoms with Crippen molar-refractivity contribution in [2.24, 2.45) is 0 Å². The molecule has 4 rings (SSSR count). The van der Waals surface area contributed by atoms with E-state index in [0.717, 1.165) is 5.56 Å². The number of anilines is 1. The third kappa shape index (κ3) is 4.11. The van der Waals surface area contributed by atoms with Crippen LogP contribution in [-0.2, 0) is 11.4 Å². The van der Waals surface area contributed by atoms with E-state index in [1.54, 1.807) is 18.5 Å². The lowest BCUT2D eigenvalue weighted by Crippen LogP contribution is -2.27. The number of rotatable bonds is 5. The third-order valence-corrected chi connectivity index (χ3v) is 4.14. The molecule has 0 radical (unpaired) electrons. The van der Waals surface area contributed by atoms with Gasteiger partial charge in [0.15, 0.2) is 10.8 Å². The van der Waals surface area contributed by atoms with Crippen LogP contribution < -0.4 is 10.8 Å². The van der Waals surface area contributed by atoms with Gasteiger partial charge in [-0.25, -0.2) is 15.4 Å². The molecule has 0 saturated carbocycles. The maximum atomic E-state index is 5.08. The second kappa shape index (κ2) is 8.07. The summed E-state index contributed by atoms with van der Waals surface area (Å²) in [7, 11) is 1.48. The molecule has 3 aromatic heterocycles. The first-order valence-electron chi connectivity index (χ1n) is 8.52. The minimum absolute atomic E-state index is 0.306. The van der Waals surface area contributed by atoms with Crippen molar-refractivity contribution in [3.63, 3.8) is 0 Å². The Morgan fingerprint density at radius 3 is 2.79 bits per heavy atom. The predicted octanol–water partition coefficient (Wildman–Crippen LogP) is 2.78. The van der Waals surface area contributed by atoms with Gasteiger partial charge in [0, 0.05) is 11.8 Å². The van der Waals surface area contributed by atoms with Crippen molar-refractivity contribution in [1.29, 1.82) is 0 Å². The minimum Gasteiger partial charge on any atom is -0.316 e. The summed E-state index contributed by atoms with van der Waals surface area (Å²) in [5.41, 5.74) is 6.50. The lowest BCUT2D eigenvalue weighted by atomic mass is 10.2. The quantitative estimate of drug-likeness (QED) is 0.397. The van der Waals surface area contributed by atoms with Crippen molar-refractivity contribution in [1.82, 2.24) is 30.2 Å². The molecule has 0 aliphatic carbocycles. The Balaban J connectivity index is 1.57. The van der Waals surface area contributed by atoms with Gasteiger partial charge in [-0.3, -0.25) is 14.5 Å². The van der Waals surface area contributed by atoms with Crippen LogP contribution in [0.1, 0.15) is 5.56 Å². The molecule has 0 aliphatic rings.